The van der Waals surface area contributed by atoms with Gasteiger partial charge in [-0.05, 0) is 36.8 Å². The molecule has 130 valence electrons. The third-order valence-electron chi connectivity index (χ3n) is 3.70. The predicted octanol–water partition coefficient (Wildman–Crippen LogP) is 1.77. The highest BCUT2D eigenvalue weighted by atomic mass is 32.2. The van der Waals surface area contributed by atoms with E-state index in [9.17, 15) is 18.3 Å². The maximum atomic E-state index is 12.0. The Bertz CT molecular complexity index is 968. The molecule has 0 unspecified atom stereocenters. The van der Waals surface area contributed by atoms with Crippen molar-refractivity contribution in [2.24, 2.45) is 4.99 Å². The van der Waals surface area contributed by atoms with Crippen molar-refractivity contribution in [1.82, 2.24) is 4.72 Å². The second-order valence-corrected chi connectivity index (χ2v) is 7.30. The van der Waals surface area contributed by atoms with Crippen molar-refractivity contribution >= 4 is 27.5 Å². The highest BCUT2D eigenvalue weighted by Crippen LogP contribution is 2.24. The highest BCUT2D eigenvalue weighted by Gasteiger charge is 2.29. The number of hydrogen-bond donors (Lipinski definition) is 3. The number of carbonyl (C=O) groups is 1. The van der Waals surface area contributed by atoms with Crippen molar-refractivity contribution < 1.29 is 18.3 Å². The summed E-state index contributed by atoms with van der Waals surface area (Å²) >= 11 is 0. The fraction of sp³-hybridized carbons (Fsp3) is 0.176. The molecule has 0 bridgehead atoms. The Morgan fingerprint density at radius 2 is 2.00 bits per heavy atom. The van der Waals surface area contributed by atoms with Gasteiger partial charge in [0.05, 0.1) is 17.1 Å². The number of phenols is 1. The van der Waals surface area contributed by atoms with E-state index in [1.165, 1.54) is 6.07 Å². The molecule has 0 spiro atoms. The van der Waals surface area contributed by atoms with E-state index in [1.807, 2.05) is 6.92 Å². The van der Waals surface area contributed by atoms with Gasteiger partial charge in [0.25, 0.3) is 10.0 Å². The van der Waals surface area contributed by atoms with Gasteiger partial charge in [0, 0.05) is 12.0 Å². The van der Waals surface area contributed by atoms with Crippen LogP contribution in [-0.2, 0) is 14.8 Å². The van der Waals surface area contributed by atoms with E-state index >= 15 is 0 Å². The Kier molecular flexibility index (Phi) is 4.45. The van der Waals surface area contributed by atoms with Crippen molar-refractivity contribution in [2.45, 2.75) is 18.2 Å². The summed E-state index contributed by atoms with van der Waals surface area (Å²) in [6, 6.07) is 11.5. The first-order chi connectivity index (χ1) is 11.9. The van der Waals surface area contributed by atoms with Gasteiger partial charge < -0.3 is 10.4 Å². The second kappa shape index (κ2) is 6.56. The van der Waals surface area contributed by atoms with Crippen LogP contribution in [0.1, 0.15) is 17.5 Å². The molecular formula is C17H17N3O4S. The number of amides is 1. The number of aryl methyl sites for hydroxylation is 1. The van der Waals surface area contributed by atoms with E-state index in [2.05, 4.69) is 15.0 Å². The molecule has 1 heterocycles. The molecule has 0 radical (unpaired) electrons. The number of aliphatic imine (C=N–C) groups is 1. The van der Waals surface area contributed by atoms with Crippen molar-refractivity contribution in [3.05, 3.63) is 53.6 Å². The van der Waals surface area contributed by atoms with E-state index in [0.29, 0.717) is 11.3 Å². The number of amidine groups is 1. The molecule has 2 aromatic rings. The lowest BCUT2D eigenvalue weighted by molar-refractivity contribution is -0.116. The molecule has 0 saturated carbocycles. The van der Waals surface area contributed by atoms with Crippen LogP contribution in [0.5, 0.6) is 5.75 Å². The maximum Gasteiger partial charge on any atom is 0.263 e. The molecule has 8 heteroatoms. The molecule has 0 aromatic heterocycles. The van der Waals surface area contributed by atoms with Crippen LogP contribution in [0.2, 0.25) is 0 Å². The van der Waals surface area contributed by atoms with Crippen LogP contribution in [0.15, 0.2) is 52.4 Å². The molecular weight excluding hydrogens is 342 g/mol. The average Bonchev–Trinajstić information content (AvgIpc) is 2.82. The molecule has 0 atom stereocenters. The Hall–Kier alpha value is -2.87. The number of anilines is 1. The number of phenolic OH excluding ortho intramolecular Hbond substituents is 1. The van der Waals surface area contributed by atoms with Crippen LogP contribution in [0.25, 0.3) is 0 Å². The summed E-state index contributed by atoms with van der Waals surface area (Å²) in [6.45, 7) is 1.95. The summed E-state index contributed by atoms with van der Waals surface area (Å²) in [5.41, 5.74) is 1.71. The van der Waals surface area contributed by atoms with Crippen molar-refractivity contribution in [1.29, 1.82) is 0 Å². The van der Waals surface area contributed by atoms with Gasteiger partial charge in [-0.3, -0.25) is 14.5 Å². The number of rotatable bonds is 4. The minimum atomic E-state index is -3.58. The molecule has 0 aliphatic carbocycles. The normalized spacial score (nSPS) is 16.3. The van der Waals surface area contributed by atoms with Crippen LogP contribution in [-0.4, -0.2) is 31.8 Å². The number of nitrogens with zero attached hydrogens (tertiary/aromatic N) is 1. The zero-order valence-electron chi connectivity index (χ0n) is 13.5. The van der Waals surface area contributed by atoms with Gasteiger partial charge in [-0.15, -0.1) is 0 Å². The van der Waals surface area contributed by atoms with Crippen LogP contribution in [0.3, 0.4) is 0 Å². The predicted molar refractivity (Wildman–Crippen MR) is 94.3 cm³/mol. The van der Waals surface area contributed by atoms with Gasteiger partial charge in [0.15, 0.2) is 0 Å². The molecule has 25 heavy (non-hydrogen) atoms. The number of sulfonamides is 1. The lowest BCUT2D eigenvalue weighted by atomic mass is 10.2. The zero-order valence-corrected chi connectivity index (χ0v) is 14.3. The fourth-order valence-corrected chi connectivity index (χ4v) is 3.73. The quantitative estimate of drug-likeness (QED) is 0.723. The standard InChI is InChI=1S/C17H17N3O4S/c1-11-6-7-13(14(21)10-11)19-16(22)8-9-18-17-12-4-2-3-5-15(12)25(23,24)20-17/h2-7,10,21H,8-9H2,1H3,(H,18,20)(H,19,22). The Morgan fingerprint density at radius 1 is 1.24 bits per heavy atom. The molecule has 3 N–H and O–H groups in total. The van der Waals surface area contributed by atoms with Crippen LogP contribution >= 0.6 is 0 Å². The average molecular weight is 359 g/mol. The molecule has 2 aromatic carbocycles. The topological polar surface area (TPSA) is 108 Å². The number of fused-ring (bicyclic) bond motifs is 1. The van der Waals surface area contributed by atoms with Gasteiger partial charge in [-0.1, -0.05) is 18.2 Å². The molecule has 1 aliphatic rings. The number of benzene rings is 2. The summed E-state index contributed by atoms with van der Waals surface area (Å²) in [4.78, 5) is 16.3. The Balaban J connectivity index is 1.65. The zero-order chi connectivity index (χ0) is 18.0. The number of nitrogens with one attached hydrogen (secondary N) is 2. The van der Waals surface area contributed by atoms with E-state index < -0.39 is 10.0 Å². The van der Waals surface area contributed by atoms with Gasteiger partial charge in [0.2, 0.25) is 5.91 Å². The molecule has 0 fully saturated rings. The fourth-order valence-electron chi connectivity index (χ4n) is 2.48. The third kappa shape index (κ3) is 3.63. The second-order valence-electron chi connectivity index (χ2n) is 5.65. The summed E-state index contributed by atoms with van der Waals surface area (Å²) in [7, 11) is -3.58. The lowest BCUT2D eigenvalue weighted by Gasteiger charge is -2.07. The number of hydrogen-bond acceptors (Lipinski definition) is 5. The van der Waals surface area contributed by atoms with E-state index in [4.69, 9.17) is 0 Å². The number of carbonyl (C=O) groups excluding carboxylic acids is 1. The Labute approximate surface area is 145 Å². The van der Waals surface area contributed by atoms with Gasteiger partial charge in [-0.25, -0.2) is 8.42 Å². The largest absolute Gasteiger partial charge is 0.506 e. The minimum absolute atomic E-state index is 0.00264. The highest BCUT2D eigenvalue weighted by molar-refractivity contribution is 7.90. The monoisotopic (exact) mass is 359 g/mol. The van der Waals surface area contributed by atoms with Gasteiger partial charge in [-0.2, -0.15) is 0 Å². The summed E-state index contributed by atoms with van der Waals surface area (Å²) in [5, 5.41) is 12.4. The van der Waals surface area contributed by atoms with E-state index in [0.717, 1.165) is 5.56 Å². The smallest absolute Gasteiger partial charge is 0.263 e. The minimum Gasteiger partial charge on any atom is -0.506 e. The van der Waals surface area contributed by atoms with Crippen LogP contribution < -0.4 is 10.0 Å². The van der Waals surface area contributed by atoms with E-state index in [-0.39, 0.29) is 35.4 Å². The third-order valence-corrected chi connectivity index (χ3v) is 5.10. The van der Waals surface area contributed by atoms with Crippen molar-refractivity contribution in [2.75, 3.05) is 11.9 Å². The maximum absolute atomic E-state index is 12.0. The van der Waals surface area contributed by atoms with Crippen LogP contribution in [0, 0.1) is 6.92 Å². The molecule has 1 amide bonds. The molecule has 3 rings (SSSR count). The Morgan fingerprint density at radius 3 is 2.76 bits per heavy atom. The summed E-state index contributed by atoms with van der Waals surface area (Å²) in [5.74, 6) is -0.0867. The first-order valence-corrected chi connectivity index (χ1v) is 9.11. The van der Waals surface area contributed by atoms with Gasteiger partial charge in [0.1, 0.15) is 11.6 Å². The summed E-state index contributed by atoms with van der Waals surface area (Å²) < 4.78 is 26.3. The molecule has 1 aliphatic heterocycles. The summed E-state index contributed by atoms with van der Waals surface area (Å²) in [6.07, 6.45) is 0.0563. The molecule has 0 saturated heterocycles. The van der Waals surface area contributed by atoms with E-state index in [1.54, 1.807) is 36.4 Å². The molecule has 7 nitrogen and oxygen atoms in total. The SMILES string of the molecule is Cc1ccc(NC(=O)CCN=C2NS(=O)(=O)c3ccccc32)c(O)c1. The number of aromatic hydroxyl groups is 1. The van der Waals surface area contributed by atoms with Crippen molar-refractivity contribution in [3.63, 3.8) is 0 Å². The van der Waals surface area contributed by atoms with Crippen molar-refractivity contribution in [3.8, 4) is 5.75 Å². The van der Waals surface area contributed by atoms with Gasteiger partial charge >= 0.3 is 0 Å². The van der Waals surface area contributed by atoms with Crippen LogP contribution in [0.4, 0.5) is 5.69 Å². The first kappa shape index (κ1) is 17.0. The first-order valence-electron chi connectivity index (χ1n) is 7.63. The lowest BCUT2D eigenvalue weighted by Crippen LogP contribution is -2.23.